The third kappa shape index (κ3) is 6.30. The summed E-state index contributed by atoms with van der Waals surface area (Å²) >= 11 is 0. The van der Waals surface area contributed by atoms with E-state index >= 15 is 0 Å². The van der Waals surface area contributed by atoms with Crippen LogP contribution in [0.15, 0.2) is 57.3 Å². The van der Waals surface area contributed by atoms with Crippen LogP contribution in [0.4, 0.5) is 5.69 Å². The van der Waals surface area contributed by atoms with Crippen LogP contribution < -0.4 is 20.7 Å². The minimum absolute atomic E-state index is 0.316. The zero-order valence-corrected chi connectivity index (χ0v) is 21.4. The molecule has 3 rings (SSSR count). The lowest BCUT2D eigenvalue weighted by molar-refractivity contribution is 0.322. The number of aromatic nitrogens is 2. The van der Waals surface area contributed by atoms with Gasteiger partial charge in [0.1, 0.15) is 5.75 Å². The smallest absolute Gasteiger partial charge is 0.332 e. The van der Waals surface area contributed by atoms with Crippen molar-refractivity contribution in [2.45, 2.75) is 26.2 Å². The summed E-state index contributed by atoms with van der Waals surface area (Å²) < 4.78 is 32.6. The van der Waals surface area contributed by atoms with Crippen LogP contribution in [-0.4, -0.2) is 42.8 Å². The fourth-order valence-corrected chi connectivity index (χ4v) is 4.22. The van der Waals surface area contributed by atoms with Crippen LogP contribution in [0.1, 0.15) is 43.0 Å². The lowest BCUT2D eigenvalue weighted by Gasteiger charge is -2.25. The largest absolute Gasteiger partial charge is 0.496 e. The molecule has 3 N–H and O–H groups in total. The molecule has 0 amide bonds. The first-order chi connectivity index (χ1) is 16.8. The van der Waals surface area contributed by atoms with E-state index in [0.29, 0.717) is 33.8 Å². The third-order valence-corrected chi connectivity index (χ3v) is 5.85. The number of hydrogen-bond acceptors (Lipinski definition) is 7. The molecule has 0 saturated heterocycles. The van der Waals surface area contributed by atoms with Crippen molar-refractivity contribution in [3.05, 3.63) is 85.7 Å². The van der Waals surface area contributed by atoms with Gasteiger partial charge in [-0.05, 0) is 35.2 Å². The molecule has 2 aromatic carbocycles. The second kappa shape index (κ2) is 10.2. The molecule has 0 bridgehead atoms. The molecule has 190 valence electrons. The molecule has 10 nitrogen and oxygen atoms in total. The number of benzene rings is 2. The Morgan fingerprint density at radius 1 is 1.06 bits per heavy atom. The molecule has 3 aromatic rings. The van der Waals surface area contributed by atoms with Gasteiger partial charge in [0, 0.05) is 34.6 Å². The fourth-order valence-electron chi connectivity index (χ4n) is 3.66. The molecule has 0 fully saturated rings. The van der Waals surface area contributed by atoms with Crippen LogP contribution in [0.5, 0.6) is 5.75 Å². The molecule has 0 unspecified atom stereocenters. The first-order valence-electron chi connectivity index (χ1n) is 10.8. The molecule has 11 heteroatoms. The number of oxime groups is 1. The van der Waals surface area contributed by atoms with Crippen molar-refractivity contribution >= 4 is 34.1 Å². The molecule has 1 heterocycles. The minimum atomic E-state index is -3.48. The number of sulfonamides is 1. The predicted molar refractivity (Wildman–Crippen MR) is 141 cm³/mol. The highest BCUT2D eigenvalue weighted by atomic mass is 32.2. The van der Waals surface area contributed by atoms with Gasteiger partial charge in [-0.2, -0.15) is 0 Å². The minimum Gasteiger partial charge on any atom is -0.496 e. The number of methoxy groups -OCH3 is 1. The summed E-state index contributed by atoms with van der Waals surface area (Å²) in [6, 6.07) is 9.66. The third-order valence-electron chi connectivity index (χ3n) is 5.25. The van der Waals surface area contributed by atoms with E-state index < -0.39 is 21.3 Å². The van der Waals surface area contributed by atoms with Gasteiger partial charge < -0.3 is 9.94 Å². The lowest BCUT2D eigenvalue weighted by atomic mass is 9.84. The van der Waals surface area contributed by atoms with Crippen LogP contribution in [0, 0.1) is 0 Å². The molecule has 0 aliphatic carbocycles. The Labute approximate surface area is 208 Å². The zero-order chi connectivity index (χ0) is 26.7. The molecule has 0 spiro atoms. The summed E-state index contributed by atoms with van der Waals surface area (Å²) in [5, 5.41) is 12.2. The molecule has 0 aliphatic rings. The Hall–Kier alpha value is -4.12. The number of hydrogen-bond donors (Lipinski definition) is 3. The van der Waals surface area contributed by atoms with Crippen LogP contribution in [0.25, 0.3) is 17.8 Å². The van der Waals surface area contributed by atoms with Gasteiger partial charge in [-0.3, -0.25) is 19.1 Å². The summed E-state index contributed by atoms with van der Waals surface area (Å²) in [5.41, 5.74) is 2.04. The van der Waals surface area contributed by atoms with Crippen molar-refractivity contribution in [2.75, 3.05) is 18.1 Å². The topological polar surface area (TPSA) is 143 Å². The number of nitrogens with one attached hydrogen (secondary N) is 2. The maximum atomic E-state index is 12.5. The van der Waals surface area contributed by atoms with Gasteiger partial charge in [-0.15, -0.1) is 0 Å². The first kappa shape index (κ1) is 26.5. The summed E-state index contributed by atoms with van der Waals surface area (Å²) in [5.74, 6) is 0.604. The van der Waals surface area contributed by atoms with Crippen molar-refractivity contribution in [3.8, 4) is 11.4 Å². The highest BCUT2D eigenvalue weighted by Gasteiger charge is 2.22. The normalized spacial score (nSPS) is 12.4. The molecule has 0 saturated carbocycles. The quantitative estimate of drug-likeness (QED) is 0.192. The number of nitrogens with zero attached hydrogens (tertiary/aromatic N) is 2. The van der Waals surface area contributed by atoms with Crippen LogP contribution in [0.3, 0.4) is 0 Å². The highest BCUT2D eigenvalue weighted by molar-refractivity contribution is 7.92. The Bertz CT molecular complexity index is 1560. The van der Waals surface area contributed by atoms with E-state index in [-0.39, 0.29) is 5.41 Å². The van der Waals surface area contributed by atoms with Gasteiger partial charge in [0.15, 0.2) is 0 Å². The molecule has 0 radical (unpaired) electrons. The molecule has 0 aliphatic heterocycles. The second-order valence-electron chi connectivity index (χ2n) is 9.14. The average Bonchev–Trinajstić information content (AvgIpc) is 2.76. The highest BCUT2D eigenvalue weighted by Crippen LogP contribution is 2.37. The molecule has 0 atom stereocenters. The van der Waals surface area contributed by atoms with E-state index in [1.54, 1.807) is 37.5 Å². The van der Waals surface area contributed by atoms with Crippen molar-refractivity contribution in [2.24, 2.45) is 5.16 Å². The average molecular weight is 513 g/mol. The van der Waals surface area contributed by atoms with Gasteiger partial charge >= 0.3 is 5.69 Å². The lowest BCUT2D eigenvalue weighted by Crippen LogP contribution is -2.28. The zero-order valence-electron chi connectivity index (χ0n) is 20.6. The van der Waals surface area contributed by atoms with E-state index in [0.717, 1.165) is 11.8 Å². The Balaban J connectivity index is 2.19. The summed E-state index contributed by atoms with van der Waals surface area (Å²) in [4.78, 5) is 26.3. The van der Waals surface area contributed by atoms with E-state index in [9.17, 15) is 18.0 Å². The second-order valence-corrected chi connectivity index (χ2v) is 10.9. The number of anilines is 1. The first-order valence-corrected chi connectivity index (χ1v) is 12.7. The number of H-pyrrole nitrogens is 1. The van der Waals surface area contributed by atoms with Crippen LogP contribution >= 0.6 is 0 Å². The summed E-state index contributed by atoms with van der Waals surface area (Å²) in [6.07, 6.45) is 7.18. The SMILES string of the molecule is COc1c(C=Cc2ccc(NS(C)(=O)=O)cc2C=NO)cc(-n2ccc(=O)[nH]c2=O)cc1C(C)(C)C. The predicted octanol–water partition coefficient (Wildman–Crippen LogP) is 3.18. The fraction of sp³-hybridized carbons (Fsp3) is 0.240. The summed E-state index contributed by atoms with van der Waals surface area (Å²) in [7, 11) is -1.92. The number of rotatable bonds is 7. The van der Waals surface area contributed by atoms with E-state index in [1.165, 1.54) is 29.1 Å². The van der Waals surface area contributed by atoms with Crippen molar-refractivity contribution in [1.82, 2.24) is 9.55 Å². The number of ether oxygens (including phenoxy) is 1. The Kier molecular flexibility index (Phi) is 7.54. The molecular weight excluding hydrogens is 484 g/mol. The van der Waals surface area contributed by atoms with E-state index in [4.69, 9.17) is 9.94 Å². The van der Waals surface area contributed by atoms with Crippen molar-refractivity contribution in [1.29, 1.82) is 0 Å². The Morgan fingerprint density at radius 2 is 1.75 bits per heavy atom. The maximum absolute atomic E-state index is 12.5. The van der Waals surface area contributed by atoms with E-state index in [1.807, 2.05) is 26.8 Å². The van der Waals surface area contributed by atoms with Gasteiger partial charge in [-0.25, -0.2) is 13.2 Å². The van der Waals surface area contributed by atoms with Crippen molar-refractivity contribution in [3.63, 3.8) is 0 Å². The monoisotopic (exact) mass is 512 g/mol. The van der Waals surface area contributed by atoms with Crippen molar-refractivity contribution < 1.29 is 18.4 Å². The molecule has 1 aromatic heterocycles. The number of aromatic amines is 1. The summed E-state index contributed by atoms with van der Waals surface area (Å²) in [6.45, 7) is 6.04. The molecular formula is C25H28N4O6S. The van der Waals surface area contributed by atoms with Crippen LogP contribution in [0.2, 0.25) is 0 Å². The van der Waals surface area contributed by atoms with Crippen LogP contribution in [-0.2, 0) is 15.4 Å². The Morgan fingerprint density at radius 3 is 2.33 bits per heavy atom. The van der Waals surface area contributed by atoms with Gasteiger partial charge in [0.25, 0.3) is 5.56 Å². The van der Waals surface area contributed by atoms with Gasteiger partial charge in [-0.1, -0.05) is 44.1 Å². The standard InChI is InChI=1S/C25H28N4O6S/c1-25(2,3)21-14-20(29-11-10-22(30)27-24(29)31)13-17(23(21)35-4)7-6-16-8-9-19(28-36(5,33)34)12-18(16)15-26-32/h6-15,28,32H,1-5H3,(H,27,30,31). The van der Waals surface area contributed by atoms with Gasteiger partial charge in [0.2, 0.25) is 10.0 Å². The maximum Gasteiger partial charge on any atom is 0.332 e. The van der Waals surface area contributed by atoms with Gasteiger partial charge in [0.05, 0.1) is 25.3 Å². The molecule has 36 heavy (non-hydrogen) atoms. The van der Waals surface area contributed by atoms with E-state index in [2.05, 4.69) is 14.9 Å².